The van der Waals surface area contributed by atoms with Crippen LogP contribution in [-0.4, -0.2) is 11.9 Å². The summed E-state index contributed by atoms with van der Waals surface area (Å²) in [5.41, 5.74) is 0.266. The molecule has 0 saturated carbocycles. The normalized spacial score (nSPS) is 31.9. The molecule has 1 amide bonds. The second-order valence-electron chi connectivity index (χ2n) is 4.52. The standard InChI is InChI=1S/C12H23NO/c1-4-7-8-12(6-3)9-11(14)13-10(12)5-2/h10H,4-9H2,1-3H3,(H,13,14). The fraction of sp³-hybridized carbons (Fsp3) is 0.917. The molecule has 2 heteroatoms. The Labute approximate surface area is 87.5 Å². The molecular formula is C12H23NO. The van der Waals surface area contributed by atoms with E-state index in [-0.39, 0.29) is 11.3 Å². The highest BCUT2D eigenvalue weighted by Crippen LogP contribution is 2.41. The first-order valence-corrected chi connectivity index (χ1v) is 5.98. The third-order valence-corrected chi connectivity index (χ3v) is 3.73. The topological polar surface area (TPSA) is 29.1 Å². The molecule has 1 saturated heterocycles. The summed E-state index contributed by atoms with van der Waals surface area (Å²) in [6, 6.07) is 0.423. The van der Waals surface area contributed by atoms with Crippen molar-refractivity contribution in [3.63, 3.8) is 0 Å². The highest BCUT2D eigenvalue weighted by atomic mass is 16.2. The fourth-order valence-electron chi connectivity index (χ4n) is 2.72. The largest absolute Gasteiger partial charge is 0.353 e. The molecule has 2 atom stereocenters. The molecule has 1 N–H and O–H groups in total. The monoisotopic (exact) mass is 197 g/mol. The molecule has 14 heavy (non-hydrogen) atoms. The Bertz CT molecular complexity index is 202. The predicted octanol–water partition coefficient (Wildman–Crippen LogP) is 2.87. The van der Waals surface area contributed by atoms with Gasteiger partial charge in [0.2, 0.25) is 5.91 Å². The number of unbranched alkanes of at least 4 members (excludes halogenated alkanes) is 1. The van der Waals surface area contributed by atoms with Crippen molar-refractivity contribution in [2.24, 2.45) is 5.41 Å². The minimum absolute atomic E-state index is 0.259. The van der Waals surface area contributed by atoms with E-state index in [2.05, 4.69) is 26.1 Å². The quantitative estimate of drug-likeness (QED) is 0.721. The van der Waals surface area contributed by atoms with Gasteiger partial charge in [0.25, 0.3) is 0 Å². The van der Waals surface area contributed by atoms with Crippen LogP contribution < -0.4 is 5.32 Å². The molecule has 0 aromatic rings. The van der Waals surface area contributed by atoms with E-state index in [4.69, 9.17) is 0 Å². The maximum atomic E-state index is 11.4. The van der Waals surface area contributed by atoms with E-state index in [0.29, 0.717) is 6.04 Å². The maximum Gasteiger partial charge on any atom is 0.220 e. The van der Waals surface area contributed by atoms with Gasteiger partial charge in [0.05, 0.1) is 0 Å². The van der Waals surface area contributed by atoms with Gasteiger partial charge in [-0.05, 0) is 24.7 Å². The van der Waals surface area contributed by atoms with Crippen LogP contribution in [0.1, 0.15) is 59.3 Å². The molecule has 2 nitrogen and oxygen atoms in total. The Morgan fingerprint density at radius 1 is 1.43 bits per heavy atom. The minimum atomic E-state index is 0.259. The summed E-state index contributed by atoms with van der Waals surface area (Å²) < 4.78 is 0. The van der Waals surface area contributed by atoms with Crippen LogP contribution in [0.15, 0.2) is 0 Å². The second kappa shape index (κ2) is 4.81. The van der Waals surface area contributed by atoms with Gasteiger partial charge in [-0.15, -0.1) is 0 Å². The van der Waals surface area contributed by atoms with E-state index >= 15 is 0 Å². The van der Waals surface area contributed by atoms with E-state index in [1.807, 2.05) is 0 Å². The molecular weight excluding hydrogens is 174 g/mol. The lowest BCUT2D eigenvalue weighted by molar-refractivity contribution is -0.119. The molecule has 0 aromatic carbocycles. The first-order chi connectivity index (χ1) is 6.68. The molecule has 1 aliphatic rings. The second-order valence-corrected chi connectivity index (χ2v) is 4.52. The number of nitrogens with one attached hydrogen (secondary N) is 1. The van der Waals surface area contributed by atoms with Gasteiger partial charge in [-0.1, -0.05) is 33.6 Å². The van der Waals surface area contributed by atoms with Crippen LogP contribution in [-0.2, 0) is 4.79 Å². The predicted molar refractivity (Wildman–Crippen MR) is 59.1 cm³/mol. The van der Waals surface area contributed by atoms with Crippen LogP contribution in [0.5, 0.6) is 0 Å². The molecule has 0 aliphatic carbocycles. The summed E-state index contributed by atoms with van der Waals surface area (Å²) >= 11 is 0. The Morgan fingerprint density at radius 3 is 2.64 bits per heavy atom. The van der Waals surface area contributed by atoms with Gasteiger partial charge in [0.15, 0.2) is 0 Å². The Kier molecular flexibility index (Phi) is 3.97. The maximum absolute atomic E-state index is 11.4. The molecule has 0 spiro atoms. The van der Waals surface area contributed by atoms with Crippen LogP contribution >= 0.6 is 0 Å². The van der Waals surface area contributed by atoms with Gasteiger partial charge in [-0.25, -0.2) is 0 Å². The van der Waals surface area contributed by atoms with Crippen LogP contribution in [0.2, 0.25) is 0 Å². The van der Waals surface area contributed by atoms with Crippen molar-refractivity contribution in [3.05, 3.63) is 0 Å². The summed E-state index contributed by atoms with van der Waals surface area (Å²) in [5.74, 6) is 0.259. The lowest BCUT2D eigenvalue weighted by Gasteiger charge is -2.32. The average Bonchev–Trinajstić information content (AvgIpc) is 2.52. The first kappa shape index (κ1) is 11.5. The van der Waals surface area contributed by atoms with E-state index < -0.39 is 0 Å². The summed E-state index contributed by atoms with van der Waals surface area (Å²) in [5, 5.41) is 3.12. The van der Waals surface area contributed by atoms with Crippen LogP contribution in [0.4, 0.5) is 0 Å². The van der Waals surface area contributed by atoms with Gasteiger partial charge in [0, 0.05) is 12.5 Å². The Morgan fingerprint density at radius 2 is 2.14 bits per heavy atom. The van der Waals surface area contributed by atoms with E-state index in [1.54, 1.807) is 0 Å². The molecule has 1 heterocycles. The highest BCUT2D eigenvalue weighted by Gasteiger charge is 2.43. The van der Waals surface area contributed by atoms with Crippen LogP contribution in [0.3, 0.4) is 0 Å². The first-order valence-electron chi connectivity index (χ1n) is 5.98. The van der Waals surface area contributed by atoms with Gasteiger partial charge < -0.3 is 5.32 Å². The van der Waals surface area contributed by atoms with E-state index in [9.17, 15) is 4.79 Å². The Hall–Kier alpha value is -0.530. The number of carbonyl (C=O) groups is 1. The molecule has 1 fully saturated rings. The van der Waals surface area contributed by atoms with Crippen molar-refractivity contribution in [1.82, 2.24) is 5.32 Å². The molecule has 0 aromatic heterocycles. The van der Waals surface area contributed by atoms with Crippen molar-refractivity contribution >= 4 is 5.91 Å². The third kappa shape index (κ3) is 2.10. The fourth-order valence-corrected chi connectivity index (χ4v) is 2.72. The van der Waals surface area contributed by atoms with Crippen LogP contribution in [0, 0.1) is 5.41 Å². The number of rotatable bonds is 5. The number of hydrogen-bond acceptors (Lipinski definition) is 1. The van der Waals surface area contributed by atoms with E-state index in [0.717, 1.165) is 19.3 Å². The zero-order chi connectivity index (χ0) is 10.6. The number of carbonyl (C=O) groups excluding carboxylic acids is 1. The SMILES string of the molecule is CCCCC1(CC)CC(=O)NC1CC. The molecule has 1 aliphatic heterocycles. The summed E-state index contributed by atoms with van der Waals surface area (Å²) in [6.45, 7) is 6.61. The summed E-state index contributed by atoms with van der Waals surface area (Å²) in [4.78, 5) is 11.4. The summed E-state index contributed by atoms with van der Waals surface area (Å²) in [7, 11) is 0. The average molecular weight is 197 g/mol. The van der Waals surface area contributed by atoms with E-state index in [1.165, 1.54) is 19.3 Å². The van der Waals surface area contributed by atoms with Crippen molar-refractivity contribution in [1.29, 1.82) is 0 Å². The highest BCUT2D eigenvalue weighted by molar-refractivity contribution is 5.79. The third-order valence-electron chi connectivity index (χ3n) is 3.73. The van der Waals surface area contributed by atoms with Gasteiger partial charge in [0.1, 0.15) is 0 Å². The lowest BCUT2D eigenvalue weighted by Crippen LogP contribution is -2.36. The molecule has 2 unspecified atom stereocenters. The van der Waals surface area contributed by atoms with Crippen molar-refractivity contribution in [2.75, 3.05) is 0 Å². The summed E-state index contributed by atoms with van der Waals surface area (Å²) in [6.07, 6.45) is 6.64. The Balaban J connectivity index is 2.69. The molecule has 0 bridgehead atoms. The van der Waals surface area contributed by atoms with Crippen molar-refractivity contribution in [2.45, 2.75) is 65.3 Å². The molecule has 82 valence electrons. The number of amides is 1. The zero-order valence-electron chi connectivity index (χ0n) is 9.73. The van der Waals surface area contributed by atoms with Crippen molar-refractivity contribution in [3.8, 4) is 0 Å². The van der Waals surface area contributed by atoms with Crippen molar-refractivity contribution < 1.29 is 4.79 Å². The smallest absolute Gasteiger partial charge is 0.220 e. The van der Waals surface area contributed by atoms with Crippen LogP contribution in [0.25, 0.3) is 0 Å². The minimum Gasteiger partial charge on any atom is -0.353 e. The number of hydrogen-bond donors (Lipinski definition) is 1. The van der Waals surface area contributed by atoms with Gasteiger partial charge in [-0.3, -0.25) is 4.79 Å². The molecule has 0 radical (unpaired) electrons. The van der Waals surface area contributed by atoms with Gasteiger partial charge in [-0.2, -0.15) is 0 Å². The van der Waals surface area contributed by atoms with Gasteiger partial charge >= 0.3 is 0 Å². The zero-order valence-corrected chi connectivity index (χ0v) is 9.73. The molecule has 1 rings (SSSR count). The lowest BCUT2D eigenvalue weighted by atomic mass is 9.73.